The van der Waals surface area contributed by atoms with E-state index >= 15 is 0 Å². The van der Waals surface area contributed by atoms with Crippen LogP contribution in [-0.2, 0) is 11.2 Å². The number of hydrogen-bond acceptors (Lipinski definition) is 2. The van der Waals surface area contributed by atoms with Gasteiger partial charge >= 0.3 is 0 Å². The van der Waals surface area contributed by atoms with E-state index in [1.165, 1.54) is 5.56 Å². The van der Waals surface area contributed by atoms with Crippen molar-refractivity contribution in [3.05, 3.63) is 35.4 Å². The Morgan fingerprint density at radius 2 is 2.07 bits per heavy atom. The van der Waals surface area contributed by atoms with Crippen LogP contribution in [-0.4, -0.2) is 17.0 Å². The lowest BCUT2D eigenvalue weighted by atomic mass is 9.83. The molecule has 0 saturated heterocycles. The molecule has 1 N–H and O–H groups in total. The molecule has 14 heavy (non-hydrogen) atoms. The van der Waals surface area contributed by atoms with Crippen molar-refractivity contribution in [2.75, 3.05) is 0 Å². The monoisotopic (exact) mass is 188 g/mol. The topological polar surface area (TPSA) is 37.3 Å². The second-order valence-corrected chi connectivity index (χ2v) is 4.30. The first-order chi connectivity index (χ1) is 6.77. The molecule has 2 aliphatic carbocycles. The minimum atomic E-state index is -0.715. The number of hydrogen-bond donors (Lipinski definition) is 1. The highest BCUT2D eigenvalue weighted by atomic mass is 16.3. The molecular weight excluding hydrogens is 176 g/mol. The van der Waals surface area contributed by atoms with Gasteiger partial charge in [0.15, 0.2) is 5.78 Å². The van der Waals surface area contributed by atoms with E-state index in [1.807, 2.05) is 18.2 Å². The Morgan fingerprint density at radius 1 is 1.29 bits per heavy atom. The van der Waals surface area contributed by atoms with Gasteiger partial charge in [0.05, 0.1) is 0 Å². The van der Waals surface area contributed by atoms with Gasteiger partial charge in [-0.1, -0.05) is 24.3 Å². The predicted molar refractivity (Wildman–Crippen MR) is 52.0 cm³/mol. The minimum absolute atomic E-state index is 0.0277. The van der Waals surface area contributed by atoms with Gasteiger partial charge in [0.25, 0.3) is 0 Å². The first-order valence-corrected chi connectivity index (χ1v) is 5.07. The number of fused-ring (bicyclic) bond motifs is 4. The molecule has 0 radical (unpaired) electrons. The molecule has 0 spiro atoms. The van der Waals surface area contributed by atoms with Crippen molar-refractivity contribution < 1.29 is 9.90 Å². The average molecular weight is 188 g/mol. The highest BCUT2D eigenvalue weighted by molar-refractivity contribution is 5.93. The van der Waals surface area contributed by atoms with Gasteiger partial charge in [-0.25, -0.2) is 0 Å². The number of Topliss-reactive ketones (excluding diaryl/α,β-unsaturated/α-hetero) is 1. The number of ketones is 1. The highest BCUT2D eigenvalue weighted by Gasteiger charge is 2.45. The van der Waals surface area contributed by atoms with E-state index in [2.05, 4.69) is 6.07 Å². The zero-order chi connectivity index (χ0) is 9.71. The Morgan fingerprint density at radius 3 is 2.93 bits per heavy atom. The third-order valence-corrected chi connectivity index (χ3v) is 3.53. The molecule has 1 saturated carbocycles. The van der Waals surface area contributed by atoms with Gasteiger partial charge in [0.2, 0.25) is 0 Å². The van der Waals surface area contributed by atoms with E-state index in [9.17, 15) is 9.90 Å². The third kappa shape index (κ3) is 0.919. The zero-order valence-corrected chi connectivity index (χ0v) is 7.81. The summed E-state index contributed by atoms with van der Waals surface area (Å²) in [6.45, 7) is 0. The molecule has 2 bridgehead atoms. The standard InChI is InChI=1S/C12H12O2/c13-11-8-5-7-3-1-2-4-9(7)10(6-8)12(11)14/h1-4,8,10-11,13H,5-6H2. The van der Waals surface area contributed by atoms with Crippen molar-refractivity contribution in [2.24, 2.45) is 5.92 Å². The Balaban J connectivity index is 2.14. The number of carbonyl (C=O) groups excluding carboxylic acids is 1. The summed E-state index contributed by atoms with van der Waals surface area (Å²) in [5, 5.41) is 9.69. The average Bonchev–Trinajstić information content (AvgIpc) is 2.45. The number of benzene rings is 1. The number of carbonyl (C=O) groups is 1. The normalized spacial score (nSPS) is 34.4. The van der Waals surface area contributed by atoms with Crippen molar-refractivity contribution in [2.45, 2.75) is 24.9 Å². The summed E-state index contributed by atoms with van der Waals surface area (Å²) in [4.78, 5) is 11.7. The Labute approximate surface area is 82.6 Å². The van der Waals surface area contributed by atoms with Crippen molar-refractivity contribution in [1.29, 1.82) is 0 Å². The van der Waals surface area contributed by atoms with Crippen LogP contribution in [0.5, 0.6) is 0 Å². The SMILES string of the molecule is O=C1C2CC(Cc3ccccc32)C1O. The van der Waals surface area contributed by atoms with Gasteiger partial charge in [0.1, 0.15) is 6.10 Å². The van der Waals surface area contributed by atoms with Crippen LogP contribution in [0.1, 0.15) is 23.5 Å². The molecule has 1 fully saturated rings. The molecular formula is C12H12O2. The maximum atomic E-state index is 11.7. The van der Waals surface area contributed by atoms with Gasteiger partial charge in [-0.2, -0.15) is 0 Å². The molecule has 3 unspecified atom stereocenters. The number of aliphatic hydroxyl groups is 1. The predicted octanol–water partition coefficient (Wildman–Crippen LogP) is 1.28. The fourth-order valence-electron chi connectivity index (χ4n) is 2.80. The minimum Gasteiger partial charge on any atom is -0.385 e. The van der Waals surface area contributed by atoms with E-state index in [0.717, 1.165) is 18.4 Å². The highest BCUT2D eigenvalue weighted by Crippen LogP contribution is 2.43. The third-order valence-electron chi connectivity index (χ3n) is 3.53. The summed E-state index contributed by atoms with van der Waals surface area (Å²) in [7, 11) is 0. The first kappa shape index (κ1) is 8.18. The fraction of sp³-hybridized carbons (Fsp3) is 0.417. The number of rotatable bonds is 0. The lowest BCUT2D eigenvalue weighted by molar-refractivity contribution is -0.126. The van der Waals surface area contributed by atoms with Crippen LogP contribution in [0.4, 0.5) is 0 Å². The molecule has 2 heteroatoms. The van der Waals surface area contributed by atoms with Crippen molar-refractivity contribution in [3.8, 4) is 0 Å². The Hall–Kier alpha value is -1.15. The van der Waals surface area contributed by atoms with E-state index in [0.29, 0.717) is 0 Å². The quantitative estimate of drug-likeness (QED) is 0.665. The molecule has 0 heterocycles. The van der Waals surface area contributed by atoms with E-state index in [1.54, 1.807) is 0 Å². The van der Waals surface area contributed by atoms with Crippen LogP contribution >= 0.6 is 0 Å². The Kier molecular flexibility index (Phi) is 1.56. The Bertz CT molecular complexity index is 397. The second-order valence-electron chi connectivity index (χ2n) is 4.30. The summed E-state index contributed by atoms with van der Waals surface area (Å²) in [6.07, 6.45) is 0.990. The second kappa shape index (κ2) is 2.67. The molecule has 1 aromatic carbocycles. The summed E-state index contributed by atoms with van der Waals surface area (Å²) < 4.78 is 0. The van der Waals surface area contributed by atoms with E-state index < -0.39 is 6.10 Å². The van der Waals surface area contributed by atoms with Crippen LogP contribution < -0.4 is 0 Å². The van der Waals surface area contributed by atoms with Crippen LogP contribution in [0.3, 0.4) is 0 Å². The van der Waals surface area contributed by atoms with Gasteiger partial charge < -0.3 is 5.11 Å². The molecule has 0 aromatic heterocycles. The molecule has 3 atom stereocenters. The maximum absolute atomic E-state index is 11.7. The smallest absolute Gasteiger partial charge is 0.168 e. The van der Waals surface area contributed by atoms with E-state index in [4.69, 9.17) is 0 Å². The first-order valence-electron chi connectivity index (χ1n) is 5.07. The molecule has 0 aliphatic heterocycles. The zero-order valence-electron chi connectivity index (χ0n) is 7.81. The van der Waals surface area contributed by atoms with Crippen LogP contribution in [0, 0.1) is 5.92 Å². The molecule has 0 amide bonds. The summed E-state index contributed by atoms with van der Waals surface area (Å²) in [5.41, 5.74) is 2.39. The fourth-order valence-corrected chi connectivity index (χ4v) is 2.80. The van der Waals surface area contributed by atoms with Gasteiger partial charge in [0, 0.05) is 5.92 Å². The molecule has 2 nitrogen and oxygen atoms in total. The van der Waals surface area contributed by atoms with Gasteiger partial charge in [-0.3, -0.25) is 4.79 Å². The maximum Gasteiger partial charge on any atom is 0.168 e. The summed E-state index contributed by atoms with van der Waals surface area (Å²) in [5.74, 6) is 0.169. The lowest BCUT2D eigenvalue weighted by Gasteiger charge is -2.21. The van der Waals surface area contributed by atoms with Crippen LogP contribution in [0.25, 0.3) is 0 Å². The van der Waals surface area contributed by atoms with Crippen LogP contribution in [0.2, 0.25) is 0 Å². The summed E-state index contributed by atoms with van der Waals surface area (Å²) in [6, 6.07) is 8.06. The van der Waals surface area contributed by atoms with Gasteiger partial charge in [-0.15, -0.1) is 0 Å². The van der Waals surface area contributed by atoms with E-state index in [-0.39, 0.29) is 17.6 Å². The number of aliphatic hydroxyl groups excluding tert-OH is 1. The summed E-state index contributed by atoms with van der Waals surface area (Å²) >= 11 is 0. The molecule has 2 aliphatic rings. The molecule has 72 valence electrons. The molecule has 3 rings (SSSR count). The van der Waals surface area contributed by atoms with Crippen LogP contribution in [0.15, 0.2) is 24.3 Å². The molecule has 1 aromatic rings. The van der Waals surface area contributed by atoms with Crippen molar-refractivity contribution >= 4 is 5.78 Å². The van der Waals surface area contributed by atoms with Crippen molar-refractivity contribution in [3.63, 3.8) is 0 Å². The lowest BCUT2D eigenvalue weighted by Crippen LogP contribution is -2.21. The largest absolute Gasteiger partial charge is 0.385 e. The van der Waals surface area contributed by atoms with Crippen molar-refractivity contribution in [1.82, 2.24) is 0 Å². The van der Waals surface area contributed by atoms with Gasteiger partial charge in [-0.05, 0) is 29.9 Å².